The Hall–Kier alpha value is -2.70. The highest BCUT2D eigenvalue weighted by Crippen LogP contribution is 2.44. The second-order valence-electron chi connectivity index (χ2n) is 6.64. The molecule has 2 aromatic carbocycles. The lowest BCUT2D eigenvalue weighted by Gasteiger charge is -2.24. The van der Waals surface area contributed by atoms with Crippen molar-refractivity contribution in [1.29, 1.82) is 0 Å². The summed E-state index contributed by atoms with van der Waals surface area (Å²) in [6.07, 6.45) is 0.193. The van der Waals surface area contributed by atoms with E-state index in [4.69, 9.17) is 11.6 Å². The van der Waals surface area contributed by atoms with Gasteiger partial charge in [-0.1, -0.05) is 59.7 Å². The number of thiazole rings is 1. The summed E-state index contributed by atoms with van der Waals surface area (Å²) in [5.41, 5.74) is 2.58. The molecule has 1 amide bonds. The topological polar surface area (TPSA) is 70.5 Å². The molecule has 0 aliphatic carbocycles. The van der Waals surface area contributed by atoms with E-state index >= 15 is 0 Å². The monoisotopic (exact) mass is 412 g/mol. The summed E-state index contributed by atoms with van der Waals surface area (Å²) in [5, 5.41) is 11.5. The summed E-state index contributed by atoms with van der Waals surface area (Å²) >= 11 is 7.37. The predicted octanol–water partition coefficient (Wildman–Crippen LogP) is 5.14. The molecule has 1 aromatic heterocycles. The number of aliphatic hydroxyl groups is 1. The molecule has 0 saturated heterocycles. The van der Waals surface area contributed by atoms with Crippen LogP contribution in [0.3, 0.4) is 0 Å². The van der Waals surface area contributed by atoms with Crippen molar-refractivity contribution in [3.05, 3.63) is 69.9 Å². The molecule has 0 fully saturated rings. The highest BCUT2D eigenvalue weighted by molar-refractivity contribution is 7.22. The molecule has 1 atom stereocenters. The molecular weight excluding hydrogens is 396 g/mol. The van der Waals surface area contributed by atoms with Crippen LogP contribution >= 0.6 is 22.9 Å². The Morgan fingerprint density at radius 3 is 2.79 bits per heavy atom. The number of aryl methyl sites for hydroxylation is 1. The van der Waals surface area contributed by atoms with Gasteiger partial charge in [-0.25, -0.2) is 4.98 Å². The maximum atomic E-state index is 13.0. The zero-order valence-corrected chi connectivity index (χ0v) is 16.8. The Balaban J connectivity index is 1.91. The molecule has 1 aliphatic rings. The maximum absolute atomic E-state index is 13.0. The number of Topliss-reactive ketones (excluding diaryl/α,β-unsaturated/α-hetero) is 1. The molecule has 1 N–H and O–H groups in total. The van der Waals surface area contributed by atoms with Gasteiger partial charge >= 0.3 is 0 Å². The predicted molar refractivity (Wildman–Crippen MR) is 111 cm³/mol. The van der Waals surface area contributed by atoms with Crippen LogP contribution in [0.25, 0.3) is 10.2 Å². The van der Waals surface area contributed by atoms with Gasteiger partial charge in [0.2, 0.25) is 0 Å². The number of nitrogens with zero attached hydrogens (tertiary/aromatic N) is 2. The lowest BCUT2D eigenvalue weighted by molar-refractivity contribution is -0.118. The number of hydrogen-bond acceptors (Lipinski definition) is 5. The van der Waals surface area contributed by atoms with E-state index in [1.54, 1.807) is 25.1 Å². The Kier molecular flexibility index (Phi) is 4.69. The summed E-state index contributed by atoms with van der Waals surface area (Å²) in [6.45, 7) is 3.65. The van der Waals surface area contributed by atoms with Crippen LogP contribution in [0.1, 0.15) is 30.5 Å². The van der Waals surface area contributed by atoms with E-state index < -0.39 is 17.7 Å². The van der Waals surface area contributed by atoms with Gasteiger partial charge in [0.05, 0.1) is 21.8 Å². The lowest BCUT2D eigenvalue weighted by atomic mass is 9.94. The second-order valence-corrected chi connectivity index (χ2v) is 8.08. The highest BCUT2D eigenvalue weighted by Gasteiger charge is 2.45. The molecule has 28 heavy (non-hydrogen) atoms. The van der Waals surface area contributed by atoms with Gasteiger partial charge in [0.15, 0.2) is 16.7 Å². The number of fused-ring (bicyclic) bond motifs is 1. The van der Waals surface area contributed by atoms with Crippen molar-refractivity contribution in [2.75, 3.05) is 4.90 Å². The summed E-state index contributed by atoms with van der Waals surface area (Å²) in [5.74, 6) is -1.38. The second kappa shape index (κ2) is 7.04. The van der Waals surface area contributed by atoms with E-state index in [9.17, 15) is 14.7 Å². The van der Waals surface area contributed by atoms with Crippen LogP contribution in [0, 0.1) is 6.92 Å². The quantitative estimate of drug-likeness (QED) is 0.644. The maximum Gasteiger partial charge on any atom is 0.296 e. The molecule has 0 saturated carbocycles. The fourth-order valence-electron chi connectivity index (χ4n) is 3.42. The number of anilines is 1. The van der Waals surface area contributed by atoms with Crippen LogP contribution in [0.5, 0.6) is 0 Å². The number of halogens is 1. The Morgan fingerprint density at radius 2 is 2.07 bits per heavy atom. The number of carbonyl (C=O) groups excluding carboxylic acids is 2. The first kappa shape index (κ1) is 18.7. The van der Waals surface area contributed by atoms with Gasteiger partial charge in [0.1, 0.15) is 0 Å². The molecule has 1 aliphatic heterocycles. The van der Waals surface area contributed by atoms with Crippen LogP contribution < -0.4 is 4.90 Å². The molecule has 2 heterocycles. The van der Waals surface area contributed by atoms with Crippen LogP contribution in [-0.4, -0.2) is 21.8 Å². The van der Waals surface area contributed by atoms with Gasteiger partial charge in [0, 0.05) is 11.4 Å². The molecule has 7 heteroatoms. The minimum Gasteiger partial charge on any atom is -0.503 e. The zero-order chi connectivity index (χ0) is 20.0. The summed E-state index contributed by atoms with van der Waals surface area (Å²) < 4.78 is 0.827. The summed E-state index contributed by atoms with van der Waals surface area (Å²) in [7, 11) is 0. The number of rotatable bonds is 4. The third kappa shape index (κ3) is 2.99. The average molecular weight is 413 g/mol. The summed E-state index contributed by atoms with van der Waals surface area (Å²) in [6, 6.07) is 12.2. The van der Waals surface area contributed by atoms with Gasteiger partial charge in [-0.15, -0.1) is 0 Å². The first-order valence-electron chi connectivity index (χ1n) is 8.83. The number of aliphatic hydroxyl groups excluding tert-OH is 1. The number of hydrogen-bond donors (Lipinski definition) is 1. The Morgan fingerprint density at radius 1 is 1.29 bits per heavy atom. The van der Waals surface area contributed by atoms with E-state index in [1.807, 2.05) is 31.2 Å². The van der Waals surface area contributed by atoms with Crippen molar-refractivity contribution in [2.24, 2.45) is 0 Å². The first-order chi connectivity index (χ1) is 13.4. The smallest absolute Gasteiger partial charge is 0.296 e. The first-order valence-corrected chi connectivity index (χ1v) is 10.0. The van der Waals surface area contributed by atoms with E-state index in [2.05, 4.69) is 4.98 Å². The number of amides is 1. The SMILES string of the molecule is CCC(=O)C1=C(O)C(=O)N(c2nc3ccc(Cl)cc3s2)C1c1cccc(C)c1. The van der Waals surface area contributed by atoms with Crippen molar-refractivity contribution < 1.29 is 14.7 Å². The lowest BCUT2D eigenvalue weighted by Crippen LogP contribution is -2.30. The van der Waals surface area contributed by atoms with Crippen LogP contribution in [0.2, 0.25) is 5.02 Å². The molecule has 4 rings (SSSR count). The number of ketones is 1. The van der Waals surface area contributed by atoms with E-state index in [1.165, 1.54) is 16.2 Å². The molecule has 1 unspecified atom stereocenters. The van der Waals surface area contributed by atoms with Crippen LogP contribution in [0.4, 0.5) is 5.13 Å². The van der Waals surface area contributed by atoms with Crippen molar-refractivity contribution >= 4 is 50.0 Å². The van der Waals surface area contributed by atoms with Gasteiger partial charge in [-0.2, -0.15) is 0 Å². The third-order valence-corrected chi connectivity index (χ3v) is 5.99. The minimum atomic E-state index is -0.712. The van der Waals surface area contributed by atoms with Crippen LogP contribution in [0.15, 0.2) is 53.8 Å². The standard InChI is InChI=1S/C21H17ClN2O3S/c1-3-15(25)17-18(12-6-4-5-11(2)9-12)24(20(27)19(17)26)21-23-14-8-7-13(22)10-16(14)28-21/h4-10,18,26H,3H2,1-2H3. The van der Waals surface area contributed by atoms with Gasteiger partial charge < -0.3 is 5.11 Å². The molecule has 5 nitrogen and oxygen atoms in total. The van der Waals surface area contributed by atoms with Crippen molar-refractivity contribution in [2.45, 2.75) is 26.3 Å². The number of benzene rings is 2. The van der Waals surface area contributed by atoms with Crippen molar-refractivity contribution in [3.63, 3.8) is 0 Å². The van der Waals surface area contributed by atoms with Gasteiger partial charge in [0.25, 0.3) is 5.91 Å². The largest absolute Gasteiger partial charge is 0.503 e. The zero-order valence-electron chi connectivity index (χ0n) is 15.3. The Labute approximate surface area is 170 Å². The van der Waals surface area contributed by atoms with Gasteiger partial charge in [-0.3, -0.25) is 14.5 Å². The fourth-order valence-corrected chi connectivity index (χ4v) is 4.69. The van der Waals surface area contributed by atoms with E-state index in [0.717, 1.165) is 15.8 Å². The molecular formula is C21H17ClN2O3S. The summed E-state index contributed by atoms with van der Waals surface area (Å²) in [4.78, 5) is 31.5. The van der Waals surface area contributed by atoms with Crippen LogP contribution in [-0.2, 0) is 9.59 Å². The fraction of sp³-hybridized carbons (Fsp3) is 0.190. The normalized spacial score (nSPS) is 17.0. The molecule has 142 valence electrons. The molecule has 3 aromatic rings. The Bertz CT molecular complexity index is 1150. The van der Waals surface area contributed by atoms with Crippen molar-refractivity contribution in [1.82, 2.24) is 4.98 Å². The number of carbonyl (C=O) groups is 2. The average Bonchev–Trinajstić information content (AvgIpc) is 3.19. The molecule has 0 radical (unpaired) electrons. The van der Waals surface area contributed by atoms with Crippen molar-refractivity contribution in [3.8, 4) is 0 Å². The van der Waals surface area contributed by atoms with E-state index in [-0.39, 0.29) is 17.8 Å². The molecule has 0 spiro atoms. The minimum absolute atomic E-state index is 0.121. The van der Waals surface area contributed by atoms with E-state index in [0.29, 0.717) is 15.7 Å². The molecule has 0 bridgehead atoms. The van der Waals surface area contributed by atoms with Gasteiger partial charge in [-0.05, 0) is 30.7 Å². The third-order valence-electron chi connectivity index (χ3n) is 4.73. The number of aromatic nitrogens is 1. The highest BCUT2D eigenvalue weighted by atomic mass is 35.5.